The van der Waals surface area contributed by atoms with Gasteiger partial charge in [0.05, 0.1) is 0 Å². The van der Waals surface area contributed by atoms with Crippen LogP contribution in [0.5, 0.6) is 0 Å². The van der Waals surface area contributed by atoms with Crippen molar-refractivity contribution in [1.29, 1.82) is 0 Å². The molecule has 0 bridgehead atoms. The number of halogens is 1. The van der Waals surface area contributed by atoms with Crippen molar-refractivity contribution in [1.82, 2.24) is 0 Å². The molecule has 30 heavy (non-hydrogen) atoms. The van der Waals surface area contributed by atoms with Gasteiger partial charge in [-0.2, -0.15) is 0 Å². The first-order valence-electron chi connectivity index (χ1n) is 9.79. The molecule has 2 atom stereocenters. The summed E-state index contributed by atoms with van der Waals surface area (Å²) in [5.74, 6) is -1.97. The Labute approximate surface area is 176 Å². The highest BCUT2D eigenvalue weighted by atomic mass is 31.2. The van der Waals surface area contributed by atoms with Crippen molar-refractivity contribution < 1.29 is 14.1 Å². The lowest BCUT2D eigenvalue weighted by atomic mass is 10.0. The predicted octanol–water partition coefficient (Wildman–Crippen LogP) is 5.70. The summed E-state index contributed by atoms with van der Waals surface area (Å²) < 4.78 is 29.9. The van der Waals surface area contributed by atoms with E-state index in [9.17, 15) is 9.67 Å². The molecule has 0 aliphatic rings. The van der Waals surface area contributed by atoms with Crippen molar-refractivity contribution in [2.75, 3.05) is 0 Å². The molecule has 0 saturated carbocycles. The number of hydrogen-bond donors (Lipinski definition) is 1. The molecule has 4 heteroatoms. The topological polar surface area (TPSA) is 37.3 Å². The van der Waals surface area contributed by atoms with Crippen molar-refractivity contribution in [2.24, 2.45) is 0 Å². The Kier molecular flexibility index (Phi) is 5.94. The average molecular weight is 416 g/mol. The number of alkyl halides is 1. The molecule has 0 spiro atoms. The normalized spacial score (nSPS) is 13.5. The number of aliphatic hydroxyl groups is 1. The fourth-order valence-corrected chi connectivity index (χ4v) is 6.26. The molecule has 0 fully saturated rings. The highest BCUT2D eigenvalue weighted by molar-refractivity contribution is 7.79. The van der Waals surface area contributed by atoms with Crippen LogP contribution in [0.1, 0.15) is 11.7 Å². The summed E-state index contributed by atoms with van der Waals surface area (Å²) in [6, 6.07) is 34.1. The van der Waals surface area contributed by atoms with Crippen LogP contribution in [0, 0.1) is 0 Å². The average Bonchev–Trinajstić information content (AvgIpc) is 2.84. The van der Waals surface area contributed by atoms with E-state index in [-0.39, 0.29) is 0 Å². The van der Waals surface area contributed by atoms with Crippen LogP contribution in [-0.4, -0.2) is 11.0 Å². The Morgan fingerprint density at radius 3 is 1.47 bits per heavy atom. The van der Waals surface area contributed by atoms with Crippen molar-refractivity contribution in [2.45, 2.75) is 12.0 Å². The Balaban J connectivity index is 1.70. The fourth-order valence-electron chi connectivity index (χ4n) is 3.59. The van der Waals surface area contributed by atoms with Gasteiger partial charge in [-0.15, -0.1) is 0 Å². The molecule has 1 N–H and O–H groups in total. The van der Waals surface area contributed by atoms with Crippen LogP contribution >= 0.6 is 7.14 Å². The van der Waals surface area contributed by atoms with Crippen LogP contribution in [0.25, 0.3) is 11.1 Å². The van der Waals surface area contributed by atoms with Gasteiger partial charge >= 0.3 is 0 Å². The molecule has 0 aliphatic heterocycles. The molecule has 4 aromatic rings. The minimum Gasteiger partial charge on any atom is -0.385 e. The summed E-state index contributed by atoms with van der Waals surface area (Å²) in [6.07, 6.45) is -1.51. The van der Waals surface area contributed by atoms with Gasteiger partial charge in [-0.1, -0.05) is 115 Å². The summed E-state index contributed by atoms with van der Waals surface area (Å²) in [6.45, 7) is 0. The van der Waals surface area contributed by atoms with E-state index in [2.05, 4.69) is 0 Å². The molecule has 0 aromatic heterocycles. The van der Waals surface area contributed by atoms with Gasteiger partial charge in [0.15, 0.2) is 13.1 Å². The van der Waals surface area contributed by atoms with E-state index in [0.29, 0.717) is 16.2 Å². The first-order chi connectivity index (χ1) is 14.6. The summed E-state index contributed by atoms with van der Waals surface area (Å²) >= 11 is 0. The first kappa shape index (κ1) is 20.3. The zero-order valence-electron chi connectivity index (χ0n) is 16.3. The number of hydrogen-bond acceptors (Lipinski definition) is 2. The Bertz CT molecular complexity index is 1090. The van der Waals surface area contributed by atoms with Gasteiger partial charge in [0.2, 0.25) is 0 Å². The lowest BCUT2D eigenvalue weighted by molar-refractivity contribution is 0.119. The van der Waals surface area contributed by atoms with E-state index in [0.717, 1.165) is 11.1 Å². The van der Waals surface area contributed by atoms with Crippen LogP contribution in [-0.2, 0) is 4.57 Å². The maximum Gasteiger partial charge on any atom is 0.190 e. The van der Waals surface area contributed by atoms with Crippen molar-refractivity contribution in [3.05, 3.63) is 121 Å². The lowest BCUT2D eigenvalue weighted by Crippen LogP contribution is -2.27. The molecule has 0 amide bonds. The van der Waals surface area contributed by atoms with Crippen molar-refractivity contribution in [3.63, 3.8) is 0 Å². The Morgan fingerprint density at radius 2 is 1.00 bits per heavy atom. The molecule has 0 saturated heterocycles. The molecular formula is C26H22FO2P. The van der Waals surface area contributed by atoms with Gasteiger partial charge in [0.25, 0.3) is 0 Å². The third-order valence-electron chi connectivity index (χ3n) is 5.25. The minimum absolute atomic E-state index is 0.392. The predicted molar refractivity (Wildman–Crippen MR) is 121 cm³/mol. The SMILES string of the molecule is O=P(c1ccccc1)(c1ccccc1)C(F)C(O)c1ccc(-c2ccccc2)cc1. The third kappa shape index (κ3) is 3.87. The van der Waals surface area contributed by atoms with Crippen LogP contribution in [0.4, 0.5) is 4.39 Å². The van der Waals surface area contributed by atoms with Gasteiger partial charge in [0.1, 0.15) is 6.10 Å². The van der Waals surface area contributed by atoms with Gasteiger partial charge in [0, 0.05) is 10.6 Å². The second-order valence-electron chi connectivity index (χ2n) is 7.13. The quantitative estimate of drug-likeness (QED) is 0.410. The van der Waals surface area contributed by atoms with E-state index in [4.69, 9.17) is 0 Å². The van der Waals surface area contributed by atoms with E-state index in [1.54, 1.807) is 72.8 Å². The molecule has 2 nitrogen and oxygen atoms in total. The number of rotatable bonds is 6. The molecule has 0 heterocycles. The number of aliphatic hydroxyl groups excluding tert-OH is 1. The molecule has 4 rings (SSSR count). The zero-order chi connectivity index (χ0) is 21.0. The summed E-state index contributed by atoms with van der Waals surface area (Å²) in [5.41, 5.74) is 2.40. The lowest BCUT2D eigenvalue weighted by Gasteiger charge is -2.27. The second kappa shape index (κ2) is 8.79. The van der Waals surface area contributed by atoms with Crippen LogP contribution < -0.4 is 10.6 Å². The summed E-state index contributed by atoms with van der Waals surface area (Å²) in [4.78, 5) is 0. The van der Waals surface area contributed by atoms with Gasteiger partial charge < -0.3 is 9.67 Å². The fraction of sp³-hybridized carbons (Fsp3) is 0.0769. The van der Waals surface area contributed by atoms with Gasteiger partial charge in [-0.25, -0.2) is 4.39 Å². The van der Waals surface area contributed by atoms with Crippen LogP contribution in [0.3, 0.4) is 0 Å². The molecule has 0 radical (unpaired) electrons. The minimum atomic E-state index is -3.72. The summed E-state index contributed by atoms with van der Waals surface area (Å²) in [7, 11) is -3.72. The maximum atomic E-state index is 15.8. The Hall–Kier alpha value is -3.00. The highest BCUT2D eigenvalue weighted by Crippen LogP contribution is 2.53. The maximum absolute atomic E-state index is 15.8. The zero-order valence-corrected chi connectivity index (χ0v) is 17.2. The Morgan fingerprint density at radius 1 is 0.600 bits per heavy atom. The largest absolute Gasteiger partial charge is 0.385 e. The van der Waals surface area contributed by atoms with Crippen molar-refractivity contribution in [3.8, 4) is 11.1 Å². The van der Waals surface area contributed by atoms with E-state index in [1.165, 1.54) is 0 Å². The standard InChI is InChI=1S/C26H22FO2P/c27-26(25(28)22-18-16-21(17-19-22)20-10-4-1-5-11-20)30(29,23-12-6-2-7-13-23)24-14-8-3-9-15-24/h1-19,25-26,28H. The first-order valence-corrected chi connectivity index (χ1v) is 11.6. The molecule has 0 aliphatic carbocycles. The summed E-state index contributed by atoms with van der Waals surface area (Å²) in [5, 5.41) is 11.6. The monoisotopic (exact) mass is 416 g/mol. The number of benzene rings is 4. The van der Waals surface area contributed by atoms with E-state index >= 15 is 4.39 Å². The van der Waals surface area contributed by atoms with Gasteiger partial charge in [-0.05, 0) is 16.7 Å². The van der Waals surface area contributed by atoms with E-state index < -0.39 is 19.2 Å². The molecule has 2 unspecified atom stereocenters. The van der Waals surface area contributed by atoms with Crippen LogP contribution in [0.2, 0.25) is 0 Å². The smallest absolute Gasteiger partial charge is 0.190 e. The molecule has 4 aromatic carbocycles. The molecular weight excluding hydrogens is 394 g/mol. The second-order valence-corrected chi connectivity index (χ2v) is 9.98. The van der Waals surface area contributed by atoms with Gasteiger partial charge in [-0.3, -0.25) is 0 Å². The van der Waals surface area contributed by atoms with Crippen molar-refractivity contribution >= 4 is 17.8 Å². The third-order valence-corrected chi connectivity index (χ3v) is 8.35. The molecule has 150 valence electrons. The van der Waals surface area contributed by atoms with E-state index in [1.807, 2.05) is 42.5 Å². The van der Waals surface area contributed by atoms with Crippen LogP contribution in [0.15, 0.2) is 115 Å². The highest BCUT2D eigenvalue weighted by Gasteiger charge is 2.42.